The maximum Gasteiger partial charge on any atom is 0.131 e. The van der Waals surface area contributed by atoms with Crippen LogP contribution in [0.2, 0.25) is 0 Å². The Kier molecular flexibility index (Phi) is 2.98. The molecule has 0 N–H and O–H groups in total. The number of hydrogen-bond donors (Lipinski definition) is 0. The molecule has 0 spiro atoms. The molecule has 0 saturated heterocycles. The van der Waals surface area contributed by atoms with Gasteiger partial charge in [-0.15, -0.1) is 0 Å². The topological polar surface area (TPSA) is 39.9 Å². The zero-order valence-corrected chi connectivity index (χ0v) is 10.5. The predicted molar refractivity (Wildman–Crippen MR) is 73.0 cm³/mol. The monoisotopic (exact) mass is 251 g/mol. The summed E-state index contributed by atoms with van der Waals surface area (Å²) in [4.78, 5) is 8.59. The third kappa shape index (κ3) is 2.63. The van der Waals surface area contributed by atoms with Crippen molar-refractivity contribution in [3.8, 4) is 22.9 Å². The molecule has 4 heteroatoms. The molecule has 0 saturated carbocycles. The van der Waals surface area contributed by atoms with E-state index in [1.165, 1.54) is 0 Å². The van der Waals surface area contributed by atoms with Crippen LogP contribution < -0.4 is 4.74 Å². The van der Waals surface area contributed by atoms with Crippen molar-refractivity contribution in [1.29, 1.82) is 0 Å². The average Bonchev–Trinajstić information content (AvgIpc) is 2.87. The number of pyridine rings is 1. The Hall–Kier alpha value is -2.62. The minimum Gasteiger partial charge on any atom is -0.457 e. The molecule has 0 amide bonds. The number of para-hydroxylation sites is 1. The molecule has 0 aliphatic rings. The van der Waals surface area contributed by atoms with Crippen LogP contribution in [0.25, 0.3) is 11.4 Å². The smallest absolute Gasteiger partial charge is 0.131 e. The lowest BCUT2D eigenvalue weighted by Gasteiger charge is -2.05. The summed E-state index contributed by atoms with van der Waals surface area (Å²) < 4.78 is 7.66. The summed E-state index contributed by atoms with van der Waals surface area (Å²) in [5.41, 5.74) is 1.63. The lowest BCUT2D eigenvalue weighted by atomic mass is 10.3. The fourth-order valence-corrected chi connectivity index (χ4v) is 1.78. The molecule has 0 radical (unpaired) electrons. The third-order valence-electron chi connectivity index (χ3n) is 2.68. The van der Waals surface area contributed by atoms with Crippen LogP contribution in [0.4, 0.5) is 0 Å². The normalized spacial score (nSPS) is 10.4. The van der Waals surface area contributed by atoms with Crippen molar-refractivity contribution in [3.05, 3.63) is 61.2 Å². The second-order valence-corrected chi connectivity index (χ2v) is 4.22. The second-order valence-electron chi connectivity index (χ2n) is 4.22. The number of hydrogen-bond acceptors (Lipinski definition) is 3. The van der Waals surface area contributed by atoms with E-state index in [-0.39, 0.29) is 0 Å². The summed E-state index contributed by atoms with van der Waals surface area (Å²) >= 11 is 0. The summed E-state index contributed by atoms with van der Waals surface area (Å²) in [5.74, 6) is 1.56. The van der Waals surface area contributed by atoms with Crippen LogP contribution in [-0.2, 0) is 7.05 Å². The van der Waals surface area contributed by atoms with Gasteiger partial charge < -0.3 is 9.30 Å². The highest BCUT2D eigenvalue weighted by Gasteiger charge is 2.04. The molecule has 0 unspecified atom stereocenters. The van der Waals surface area contributed by atoms with Crippen LogP contribution in [0, 0.1) is 0 Å². The van der Waals surface area contributed by atoms with Gasteiger partial charge >= 0.3 is 0 Å². The van der Waals surface area contributed by atoms with E-state index < -0.39 is 0 Å². The molecule has 0 aliphatic heterocycles. The molecular weight excluding hydrogens is 238 g/mol. The largest absolute Gasteiger partial charge is 0.457 e. The number of aromatic nitrogens is 3. The van der Waals surface area contributed by atoms with Crippen molar-refractivity contribution in [2.45, 2.75) is 0 Å². The Morgan fingerprint density at radius 1 is 0.947 bits per heavy atom. The van der Waals surface area contributed by atoms with Gasteiger partial charge in [-0.2, -0.15) is 0 Å². The summed E-state index contributed by atoms with van der Waals surface area (Å²) in [5, 5.41) is 0. The first-order valence-corrected chi connectivity index (χ1v) is 5.98. The van der Waals surface area contributed by atoms with Crippen LogP contribution in [-0.4, -0.2) is 14.5 Å². The van der Waals surface area contributed by atoms with E-state index in [4.69, 9.17) is 4.74 Å². The van der Waals surface area contributed by atoms with Crippen LogP contribution in [0.3, 0.4) is 0 Å². The first-order chi connectivity index (χ1) is 9.31. The minimum atomic E-state index is 0.752. The number of aryl methyl sites for hydroxylation is 1. The van der Waals surface area contributed by atoms with Gasteiger partial charge in [0.15, 0.2) is 0 Å². The van der Waals surface area contributed by atoms with Gasteiger partial charge in [0.05, 0.1) is 12.0 Å². The number of rotatable bonds is 3. The Balaban J connectivity index is 1.88. The van der Waals surface area contributed by atoms with Crippen LogP contribution >= 0.6 is 0 Å². The molecule has 0 fully saturated rings. The Morgan fingerprint density at radius 2 is 1.79 bits per heavy atom. The first-order valence-electron chi connectivity index (χ1n) is 5.98. The van der Waals surface area contributed by atoms with Gasteiger partial charge in [0.2, 0.25) is 0 Å². The highest BCUT2D eigenvalue weighted by molar-refractivity contribution is 5.55. The van der Waals surface area contributed by atoms with Gasteiger partial charge in [0.1, 0.15) is 17.2 Å². The van der Waals surface area contributed by atoms with E-state index in [1.807, 2.05) is 60.3 Å². The van der Waals surface area contributed by atoms with E-state index >= 15 is 0 Å². The number of benzene rings is 1. The van der Waals surface area contributed by atoms with Gasteiger partial charge in [0, 0.05) is 25.5 Å². The molecule has 0 atom stereocenters. The molecule has 19 heavy (non-hydrogen) atoms. The minimum absolute atomic E-state index is 0.752. The molecule has 2 heterocycles. The van der Waals surface area contributed by atoms with Crippen LogP contribution in [0.1, 0.15) is 0 Å². The summed E-state index contributed by atoms with van der Waals surface area (Å²) in [6.45, 7) is 0. The Bertz CT molecular complexity index is 677. The molecule has 0 bridgehead atoms. The maximum absolute atomic E-state index is 5.77. The van der Waals surface area contributed by atoms with Crippen molar-refractivity contribution in [2.75, 3.05) is 0 Å². The number of nitrogens with zero attached hydrogens (tertiary/aromatic N) is 3. The Morgan fingerprint density at radius 3 is 2.53 bits per heavy atom. The third-order valence-corrected chi connectivity index (χ3v) is 2.68. The molecule has 4 nitrogen and oxygen atoms in total. The van der Waals surface area contributed by atoms with Gasteiger partial charge in [0.25, 0.3) is 0 Å². The quantitative estimate of drug-likeness (QED) is 0.717. The zero-order chi connectivity index (χ0) is 13.1. The van der Waals surface area contributed by atoms with Crippen molar-refractivity contribution >= 4 is 0 Å². The molecule has 3 aromatic rings. The van der Waals surface area contributed by atoms with Gasteiger partial charge in [-0.1, -0.05) is 18.2 Å². The zero-order valence-electron chi connectivity index (χ0n) is 10.5. The SMILES string of the molecule is Cn1cnc(-c2cc(Oc3ccccc3)ccn2)c1. The fraction of sp³-hybridized carbons (Fsp3) is 0.0667. The first kappa shape index (κ1) is 11.5. The standard InChI is InChI=1S/C15H13N3O/c1-18-10-15(17-11-18)14-9-13(7-8-16-14)19-12-5-3-2-4-6-12/h2-11H,1H3. The highest BCUT2D eigenvalue weighted by Crippen LogP contribution is 2.24. The van der Waals surface area contributed by atoms with Crippen molar-refractivity contribution in [1.82, 2.24) is 14.5 Å². The lowest BCUT2D eigenvalue weighted by Crippen LogP contribution is -1.87. The van der Waals surface area contributed by atoms with E-state index in [9.17, 15) is 0 Å². The highest BCUT2D eigenvalue weighted by atomic mass is 16.5. The van der Waals surface area contributed by atoms with Gasteiger partial charge in [-0.05, 0) is 18.2 Å². The van der Waals surface area contributed by atoms with Crippen molar-refractivity contribution in [2.24, 2.45) is 7.05 Å². The molecular formula is C15H13N3O. The second kappa shape index (κ2) is 4.94. The summed E-state index contributed by atoms with van der Waals surface area (Å²) in [7, 11) is 1.93. The van der Waals surface area contributed by atoms with Crippen molar-refractivity contribution in [3.63, 3.8) is 0 Å². The van der Waals surface area contributed by atoms with Gasteiger partial charge in [-0.25, -0.2) is 4.98 Å². The lowest BCUT2D eigenvalue weighted by molar-refractivity contribution is 0.482. The van der Waals surface area contributed by atoms with E-state index in [0.29, 0.717) is 0 Å². The van der Waals surface area contributed by atoms with Crippen molar-refractivity contribution < 1.29 is 4.74 Å². The predicted octanol–water partition coefficient (Wildman–Crippen LogP) is 3.27. The average molecular weight is 251 g/mol. The molecule has 2 aromatic heterocycles. The Labute approximate surface area is 111 Å². The number of ether oxygens (including phenoxy) is 1. The van der Waals surface area contributed by atoms with E-state index in [1.54, 1.807) is 12.5 Å². The van der Waals surface area contributed by atoms with Gasteiger partial charge in [-0.3, -0.25) is 4.98 Å². The summed E-state index contributed by atoms with van der Waals surface area (Å²) in [6, 6.07) is 13.4. The van der Waals surface area contributed by atoms with Crippen LogP contribution in [0.15, 0.2) is 61.2 Å². The van der Waals surface area contributed by atoms with Crippen LogP contribution in [0.5, 0.6) is 11.5 Å². The maximum atomic E-state index is 5.77. The fourth-order valence-electron chi connectivity index (χ4n) is 1.78. The summed E-state index contributed by atoms with van der Waals surface area (Å²) in [6.07, 6.45) is 5.40. The molecule has 1 aromatic carbocycles. The molecule has 0 aliphatic carbocycles. The number of imidazole rings is 1. The molecule has 94 valence electrons. The van der Waals surface area contributed by atoms with E-state index in [2.05, 4.69) is 9.97 Å². The molecule has 3 rings (SSSR count). The van der Waals surface area contributed by atoms with E-state index in [0.717, 1.165) is 22.9 Å².